The number of hydrogen-bond acceptors (Lipinski definition) is 4. The molecule has 1 N–H and O–H groups in total. The highest BCUT2D eigenvalue weighted by molar-refractivity contribution is 8.00. The van der Waals surface area contributed by atoms with Crippen LogP contribution in [0.25, 0.3) is 0 Å². The summed E-state index contributed by atoms with van der Waals surface area (Å²) in [6.07, 6.45) is 1.68. The molecule has 1 heterocycles. The number of thioether (sulfide) groups is 1. The second-order valence-electron chi connectivity index (χ2n) is 6.16. The average Bonchev–Trinajstić information content (AvgIpc) is 2.72. The van der Waals surface area contributed by atoms with Crippen LogP contribution in [0.2, 0.25) is 0 Å². The minimum atomic E-state index is -0.505. The topological polar surface area (TPSA) is 59.1 Å². The molecule has 0 saturated carbocycles. The van der Waals surface area contributed by atoms with Crippen LogP contribution in [0, 0.1) is 5.82 Å². The normalized spacial score (nSPS) is 11.6. The van der Waals surface area contributed by atoms with E-state index in [1.165, 1.54) is 19.1 Å². The maximum atomic E-state index is 14.1. The molecule has 1 atom stereocenters. The smallest absolute Gasteiger partial charge is 0.231 e. The van der Waals surface area contributed by atoms with Crippen molar-refractivity contribution in [2.24, 2.45) is 0 Å². The zero-order valence-electron chi connectivity index (χ0n) is 15.3. The van der Waals surface area contributed by atoms with Gasteiger partial charge in [-0.3, -0.25) is 14.6 Å². The van der Waals surface area contributed by atoms with Gasteiger partial charge in [0.05, 0.1) is 17.5 Å². The minimum absolute atomic E-state index is 0.0481. The van der Waals surface area contributed by atoms with E-state index < -0.39 is 5.82 Å². The fourth-order valence-electron chi connectivity index (χ4n) is 2.70. The number of carbonyl (C=O) groups is 2. The molecule has 1 amide bonds. The molecule has 4 nitrogen and oxygen atoms in total. The lowest BCUT2D eigenvalue weighted by molar-refractivity contribution is -0.119. The second-order valence-corrected chi connectivity index (χ2v) is 7.17. The first-order chi connectivity index (χ1) is 13.5. The molecule has 142 valence electrons. The van der Waals surface area contributed by atoms with Crippen LogP contribution >= 0.6 is 11.8 Å². The number of rotatable bonds is 7. The van der Waals surface area contributed by atoms with Gasteiger partial charge in [-0.1, -0.05) is 42.5 Å². The number of amides is 1. The van der Waals surface area contributed by atoms with E-state index in [0.717, 1.165) is 23.0 Å². The van der Waals surface area contributed by atoms with E-state index >= 15 is 0 Å². The van der Waals surface area contributed by atoms with Gasteiger partial charge >= 0.3 is 0 Å². The summed E-state index contributed by atoms with van der Waals surface area (Å²) in [6.45, 7) is 1.39. The molecule has 3 rings (SSSR count). The van der Waals surface area contributed by atoms with Crippen LogP contribution in [0.4, 0.5) is 4.39 Å². The van der Waals surface area contributed by atoms with Crippen LogP contribution in [0.5, 0.6) is 0 Å². The number of hydrogen-bond donors (Lipinski definition) is 1. The fraction of sp³-hybridized carbons (Fsp3) is 0.136. The van der Waals surface area contributed by atoms with Gasteiger partial charge in [0.1, 0.15) is 5.82 Å². The quantitative estimate of drug-likeness (QED) is 0.476. The third-order valence-corrected chi connectivity index (χ3v) is 5.17. The Labute approximate surface area is 167 Å². The van der Waals surface area contributed by atoms with Crippen LogP contribution < -0.4 is 5.32 Å². The third kappa shape index (κ3) is 5.04. The molecule has 0 aliphatic rings. The molecule has 0 aliphatic carbocycles. The van der Waals surface area contributed by atoms with Crippen molar-refractivity contribution in [1.82, 2.24) is 10.3 Å². The average molecular weight is 394 g/mol. The molecule has 3 aromatic rings. The van der Waals surface area contributed by atoms with Crippen LogP contribution in [0.15, 0.2) is 77.8 Å². The minimum Gasteiger partial charge on any atom is -0.343 e. The van der Waals surface area contributed by atoms with E-state index in [0.29, 0.717) is 10.5 Å². The maximum absolute atomic E-state index is 14.1. The highest BCUT2D eigenvalue weighted by atomic mass is 32.2. The molecule has 0 radical (unpaired) electrons. The van der Waals surface area contributed by atoms with Gasteiger partial charge in [-0.2, -0.15) is 0 Å². The van der Waals surface area contributed by atoms with Crippen molar-refractivity contribution in [1.29, 1.82) is 0 Å². The van der Waals surface area contributed by atoms with Gasteiger partial charge in [0.25, 0.3) is 0 Å². The number of Topliss-reactive ketones (excluding diaryl/α,β-unsaturated/α-hetero) is 1. The highest BCUT2D eigenvalue weighted by Crippen LogP contribution is 2.24. The Bertz CT molecular complexity index is 925. The molecule has 1 aromatic heterocycles. The van der Waals surface area contributed by atoms with E-state index in [2.05, 4.69) is 10.3 Å². The zero-order chi connectivity index (χ0) is 19.9. The molecular weight excluding hydrogens is 375 g/mol. The fourth-order valence-corrected chi connectivity index (χ4v) is 3.43. The Hall–Kier alpha value is -2.99. The van der Waals surface area contributed by atoms with Crippen LogP contribution in [0.3, 0.4) is 0 Å². The van der Waals surface area contributed by atoms with Crippen LogP contribution in [-0.2, 0) is 4.79 Å². The lowest BCUT2D eigenvalue weighted by Gasteiger charge is -2.19. The van der Waals surface area contributed by atoms with Crippen LogP contribution in [0.1, 0.15) is 34.6 Å². The molecule has 28 heavy (non-hydrogen) atoms. The summed E-state index contributed by atoms with van der Waals surface area (Å²) in [5, 5.41) is 2.97. The molecule has 2 aromatic carbocycles. The van der Waals surface area contributed by atoms with Gasteiger partial charge in [0.2, 0.25) is 5.91 Å². The molecule has 0 fully saturated rings. The number of carbonyl (C=O) groups excluding carboxylic acids is 2. The number of aromatic nitrogens is 1. The number of pyridine rings is 1. The van der Waals surface area contributed by atoms with E-state index in [9.17, 15) is 14.0 Å². The molecule has 1 unspecified atom stereocenters. The number of nitrogens with zero attached hydrogens (tertiary/aromatic N) is 1. The van der Waals surface area contributed by atoms with Crippen molar-refractivity contribution in [2.75, 3.05) is 5.75 Å². The summed E-state index contributed by atoms with van der Waals surface area (Å²) in [5.74, 6) is -0.893. The molecular formula is C22H19FN2O2S. The number of halogens is 1. The van der Waals surface area contributed by atoms with Gasteiger partial charge in [-0.05, 0) is 36.8 Å². The largest absolute Gasteiger partial charge is 0.343 e. The summed E-state index contributed by atoms with van der Waals surface area (Å²) >= 11 is 1.09. The van der Waals surface area contributed by atoms with Crippen molar-refractivity contribution < 1.29 is 14.0 Å². The van der Waals surface area contributed by atoms with Crippen molar-refractivity contribution in [3.63, 3.8) is 0 Å². The molecule has 0 bridgehead atoms. The molecule has 0 saturated heterocycles. The molecule has 0 spiro atoms. The van der Waals surface area contributed by atoms with E-state index in [1.807, 2.05) is 48.5 Å². The highest BCUT2D eigenvalue weighted by Gasteiger charge is 2.18. The first-order valence-corrected chi connectivity index (χ1v) is 9.71. The van der Waals surface area contributed by atoms with Gasteiger partial charge < -0.3 is 5.32 Å². The Morgan fingerprint density at radius 1 is 1.07 bits per heavy atom. The lowest BCUT2D eigenvalue weighted by Crippen LogP contribution is -2.31. The SMILES string of the molecule is CC(=O)c1ccc(SCC(=O)NC(c2ccccc2)c2ccccn2)c(F)c1. The van der Waals surface area contributed by atoms with E-state index in [-0.39, 0.29) is 23.5 Å². The third-order valence-electron chi connectivity index (χ3n) is 4.12. The summed E-state index contributed by atoms with van der Waals surface area (Å²) in [4.78, 5) is 28.5. The summed E-state index contributed by atoms with van der Waals surface area (Å²) in [6, 6.07) is 19.0. The standard InChI is InChI=1S/C22H19FN2O2S/c1-15(26)17-10-11-20(18(23)13-17)28-14-21(27)25-22(16-7-3-2-4-8-16)19-9-5-6-12-24-19/h2-13,22H,14H2,1H3,(H,25,27). The lowest BCUT2D eigenvalue weighted by atomic mass is 10.0. The number of ketones is 1. The van der Waals surface area contributed by atoms with Gasteiger partial charge in [-0.15, -0.1) is 11.8 Å². The van der Waals surface area contributed by atoms with Crippen molar-refractivity contribution in [3.05, 3.63) is 95.6 Å². The van der Waals surface area contributed by atoms with Crippen molar-refractivity contribution >= 4 is 23.5 Å². The maximum Gasteiger partial charge on any atom is 0.231 e. The van der Waals surface area contributed by atoms with Gasteiger partial charge in [-0.25, -0.2) is 4.39 Å². The Morgan fingerprint density at radius 2 is 1.82 bits per heavy atom. The Kier molecular flexibility index (Phi) is 6.55. The van der Waals surface area contributed by atoms with Crippen molar-refractivity contribution in [2.45, 2.75) is 17.9 Å². The van der Waals surface area contributed by atoms with E-state index in [1.54, 1.807) is 12.3 Å². The van der Waals surface area contributed by atoms with Crippen LogP contribution in [-0.4, -0.2) is 22.4 Å². The predicted octanol–water partition coefficient (Wildman–Crippen LogP) is 4.42. The van der Waals surface area contributed by atoms with Gasteiger partial charge in [0.15, 0.2) is 5.78 Å². The zero-order valence-corrected chi connectivity index (χ0v) is 16.1. The predicted molar refractivity (Wildman–Crippen MR) is 108 cm³/mol. The summed E-state index contributed by atoms with van der Waals surface area (Å²) in [5.41, 5.74) is 1.95. The second kappa shape index (κ2) is 9.28. The summed E-state index contributed by atoms with van der Waals surface area (Å²) < 4.78 is 14.1. The summed E-state index contributed by atoms with van der Waals surface area (Å²) in [7, 11) is 0. The number of nitrogens with one attached hydrogen (secondary N) is 1. The first kappa shape index (κ1) is 19.8. The Morgan fingerprint density at radius 3 is 2.46 bits per heavy atom. The van der Waals surface area contributed by atoms with Gasteiger partial charge in [0, 0.05) is 16.7 Å². The van der Waals surface area contributed by atoms with E-state index in [4.69, 9.17) is 0 Å². The molecule has 0 aliphatic heterocycles. The first-order valence-electron chi connectivity index (χ1n) is 8.73. The van der Waals surface area contributed by atoms with Crippen molar-refractivity contribution in [3.8, 4) is 0 Å². The molecule has 6 heteroatoms. The monoisotopic (exact) mass is 394 g/mol. The Balaban J connectivity index is 1.70. The number of benzene rings is 2.